The zero-order valence-electron chi connectivity index (χ0n) is 24.0. The number of aliphatic hydroxyl groups is 1. The van der Waals surface area contributed by atoms with Crippen molar-refractivity contribution in [3.05, 3.63) is 70.8 Å². The highest BCUT2D eigenvalue weighted by molar-refractivity contribution is 5.87. The minimum Gasteiger partial charge on any atom is -0.457 e. The number of esters is 1. The number of aromatic amines is 2. The average molecular weight is 575 g/mol. The normalized spacial score (nSPS) is 16.7. The molecule has 2 aromatic heterocycles. The number of aromatic nitrogens is 6. The predicted octanol–water partition coefficient (Wildman–Crippen LogP) is 4.50. The van der Waals surface area contributed by atoms with Crippen LogP contribution in [-0.2, 0) is 32.7 Å². The van der Waals surface area contributed by atoms with Crippen LogP contribution in [0.3, 0.4) is 0 Å². The van der Waals surface area contributed by atoms with Gasteiger partial charge >= 0.3 is 12.1 Å². The van der Waals surface area contributed by atoms with Gasteiger partial charge in [-0.05, 0) is 66.6 Å². The van der Waals surface area contributed by atoms with E-state index in [1.807, 2.05) is 30.3 Å². The highest BCUT2D eigenvalue weighted by Crippen LogP contribution is 2.39. The molecule has 12 heteroatoms. The third-order valence-corrected chi connectivity index (χ3v) is 7.23. The number of H-pyrrole nitrogens is 2. The van der Waals surface area contributed by atoms with Crippen molar-refractivity contribution in [1.29, 1.82) is 0 Å². The quantitative estimate of drug-likeness (QED) is 0.217. The van der Waals surface area contributed by atoms with Crippen LogP contribution in [0, 0.1) is 0 Å². The van der Waals surface area contributed by atoms with E-state index in [1.165, 1.54) is 6.20 Å². The van der Waals surface area contributed by atoms with Gasteiger partial charge in [-0.3, -0.25) is 0 Å². The van der Waals surface area contributed by atoms with E-state index >= 15 is 0 Å². The first-order valence-corrected chi connectivity index (χ1v) is 13.9. The summed E-state index contributed by atoms with van der Waals surface area (Å²) < 4.78 is 15.2. The van der Waals surface area contributed by atoms with E-state index in [0.717, 1.165) is 52.6 Å². The van der Waals surface area contributed by atoms with Gasteiger partial charge in [0, 0.05) is 12.0 Å². The number of tetrazole rings is 1. The van der Waals surface area contributed by atoms with Crippen molar-refractivity contribution >= 4 is 12.1 Å². The molecule has 42 heavy (non-hydrogen) atoms. The van der Waals surface area contributed by atoms with E-state index in [0.29, 0.717) is 18.1 Å². The molecule has 220 valence electrons. The van der Waals surface area contributed by atoms with Crippen LogP contribution in [-0.4, -0.2) is 66.6 Å². The summed E-state index contributed by atoms with van der Waals surface area (Å²) in [5.74, 6) is 0.408. The fraction of sp³-hybridized carbons (Fsp3) is 0.400. The number of nitrogens with one attached hydrogen (secondary N) is 2. The Kier molecular flexibility index (Phi) is 8.34. The van der Waals surface area contributed by atoms with E-state index in [4.69, 9.17) is 14.2 Å². The second-order valence-electron chi connectivity index (χ2n) is 10.8. The molecule has 0 bridgehead atoms. The predicted molar refractivity (Wildman–Crippen MR) is 151 cm³/mol. The maximum atomic E-state index is 12.7. The highest BCUT2D eigenvalue weighted by atomic mass is 16.8. The minimum absolute atomic E-state index is 0.128. The number of nitrogens with zero attached hydrogens (tertiary/aromatic N) is 4. The van der Waals surface area contributed by atoms with Crippen LogP contribution in [0.5, 0.6) is 0 Å². The standard InChI is InChI=1S/C30H34N6O6/c1-5-6-9-21-20(19-10-7-8-11-22(19)27-33-35-36-34-27)13-12-18(26(21)30(3,4)39)14-25-31-15-23(32-25)28(37)40-16-24-17(2)41-29(38)42-24/h7-8,10-13,15,17,24,39H,5-6,9,14,16H2,1-4H3,(H,31,32)(H,33,34,35,36). The third kappa shape index (κ3) is 6.18. The summed E-state index contributed by atoms with van der Waals surface area (Å²) in [6.45, 7) is 7.23. The summed E-state index contributed by atoms with van der Waals surface area (Å²) in [6.07, 6.45) is 2.48. The lowest BCUT2D eigenvalue weighted by Gasteiger charge is -2.28. The van der Waals surface area contributed by atoms with Gasteiger partial charge < -0.3 is 24.3 Å². The van der Waals surface area contributed by atoms with Crippen molar-refractivity contribution < 1.29 is 28.9 Å². The van der Waals surface area contributed by atoms with Gasteiger partial charge in [-0.15, -0.1) is 10.2 Å². The van der Waals surface area contributed by atoms with E-state index in [9.17, 15) is 14.7 Å². The van der Waals surface area contributed by atoms with Gasteiger partial charge in [0.25, 0.3) is 0 Å². The Labute approximate surface area is 242 Å². The van der Waals surface area contributed by atoms with Crippen LogP contribution in [0.4, 0.5) is 4.79 Å². The first kappa shape index (κ1) is 28.9. The molecule has 1 aliphatic rings. The highest BCUT2D eigenvalue weighted by Gasteiger charge is 2.34. The Morgan fingerprint density at radius 3 is 2.57 bits per heavy atom. The molecule has 5 rings (SSSR count). The van der Waals surface area contributed by atoms with E-state index in [2.05, 4.69) is 43.6 Å². The van der Waals surface area contributed by atoms with E-state index in [1.54, 1.807) is 20.8 Å². The number of carbonyl (C=O) groups excluding carboxylic acids is 2. The molecule has 0 amide bonds. The lowest BCUT2D eigenvalue weighted by Crippen LogP contribution is -2.26. The zero-order chi connectivity index (χ0) is 29.9. The molecule has 1 saturated heterocycles. The Morgan fingerprint density at radius 2 is 1.90 bits per heavy atom. The van der Waals surface area contributed by atoms with Crippen molar-refractivity contribution in [1.82, 2.24) is 30.6 Å². The fourth-order valence-corrected chi connectivity index (χ4v) is 5.28. The van der Waals surface area contributed by atoms with Crippen LogP contribution in [0.1, 0.15) is 73.5 Å². The van der Waals surface area contributed by atoms with Crippen LogP contribution < -0.4 is 0 Å². The maximum Gasteiger partial charge on any atom is 0.509 e. The van der Waals surface area contributed by atoms with Crippen molar-refractivity contribution in [2.45, 2.75) is 71.2 Å². The summed E-state index contributed by atoms with van der Waals surface area (Å²) in [7, 11) is 0. The molecule has 3 heterocycles. The molecule has 12 nitrogen and oxygen atoms in total. The number of cyclic esters (lactones) is 2. The number of ether oxygens (including phenoxy) is 3. The maximum absolute atomic E-state index is 12.7. The molecular weight excluding hydrogens is 540 g/mol. The second kappa shape index (κ2) is 12.1. The molecule has 2 atom stereocenters. The van der Waals surface area contributed by atoms with Crippen molar-refractivity contribution in [3.63, 3.8) is 0 Å². The molecule has 3 N–H and O–H groups in total. The van der Waals surface area contributed by atoms with Gasteiger partial charge in [0.05, 0.1) is 11.8 Å². The number of carbonyl (C=O) groups is 2. The Morgan fingerprint density at radius 1 is 1.12 bits per heavy atom. The number of benzene rings is 2. The minimum atomic E-state index is -1.17. The number of unbranched alkanes of at least 4 members (excludes halogenated alkanes) is 1. The summed E-state index contributed by atoms with van der Waals surface area (Å²) in [5, 5.41) is 26.1. The van der Waals surface area contributed by atoms with Crippen molar-refractivity contribution in [2.24, 2.45) is 0 Å². The SMILES string of the molecule is CCCCc1c(-c2ccccc2-c2nn[nH]n2)ccc(Cc2ncc(C(=O)OCC3OC(=O)OC3C)[nH]2)c1C(C)(C)O. The molecule has 1 fully saturated rings. The molecule has 0 saturated carbocycles. The molecule has 1 aliphatic heterocycles. The lowest BCUT2D eigenvalue weighted by atomic mass is 9.80. The third-order valence-electron chi connectivity index (χ3n) is 7.23. The molecule has 0 spiro atoms. The number of rotatable bonds is 11. The van der Waals surface area contributed by atoms with E-state index in [-0.39, 0.29) is 12.3 Å². The Bertz CT molecular complexity index is 1560. The van der Waals surface area contributed by atoms with Gasteiger partial charge in [-0.2, -0.15) is 5.21 Å². The van der Waals surface area contributed by atoms with Gasteiger partial charge in [-0.1, -0.05) is 49.7 Å². The fourth-order valence-electron chi connectivity index (χ4n) is 5.28. The summed E-state index contributed by atoms with van der Waals surface area (Å²) in [6, 6.07) is 11.9. The zero-order valence-corrected chi connectivity index (χ0v) is 24.0. The molecular formula is C30H34N6O6. The number of hydrogen-bond acceptors (Lipinski definition) is 10. The molecule has 2 unspecified atom stereocenters. The van der Waals surface area contributed by atoms with Crippen molar-refractivity contribution in [2.75, 3.05) is 6.61 Å². The Balaban J connectivity index is 1.46. The average Bonchev–Trinajstić information content (AvgIpc) is 3.72. The molecule has 4 aromatic rings. The van der Waals surface area contributed by atoms with Gasteiger partial charge in [0.1, 0.15) is 24.2 Å². The molecule has 2 aromatic carbocycles. The van der Waals surface area contributed by atoms with Gasteiger partial charge in [0.2, 0.25) is 5.82 Å². The first-order valence-electron chi connectivity index (χ1n) is 13.9. The number of hydrogen-bond donors (Lipinski definition) is 3. The summed E-state index contributed by atoms with van der Waals surface area (Å²) >= 11 is 0. The van der Waals surface area contributed by atoms with Gasteiger partial charge in [0.15, 0.2) is 6.10 Å². The summed E-state index contributed by atoms with van der Waals surface area (Å²) in [4.78, 5) is 31.4. The van der Waals surface area contributed by atoms with Crippen molar-refractivity contribution in [3.8, 4) is 22.5 Å². The second-order valence-corrected chi connectivity index (χ2v) is 10.8. The topological polar surface area (TPSA) is 165 Å². The lowest BCUT2D eigenvalue weighted by molar-refractivity contribution is 0.0243. The monoisotopic (exact) mass is 574 g/mol. The first-order chi connectivity index (χ1) is 20.2. The van der Waals surface area contributed by atoms with Crippen LogP contribution in [0.25, 0.3) is 22.5 Å². The van der Waals surface area contributed by atoms with Crippen LogP contribution in [0.2, 0.25) is 0 Å². The molecule has 0 aliphatic carbocycles. The molecule has 0 radical (unpaired) electrons. The smallest absolute Gasteiger partial charge is 0.457 e. The largest absolute Gasteiger partial charge is 0.509 e. The van der Waals surface area contributed by atoms with Gasteiger partial charge in [-0.25, -0.2) is 14.6 Å². The van der Waals surface area contributed by atoms with E-state index < -0.39 is 29.9 Å². The Hall–Kier alpha value is -4.58. The number of imidazole rings is 1. The summed E-state index contributed by atoms with van der Waals surface area (Å²) in [5.41, 5.74) is 4.50. The van der Waals surface area contributed by atoms with Crippen LogP contribution >= 0.6 is 0 Å². The van der Waals surface area contributed by atoms with Crippen LogP contribution in [0.15, 0.2) is 42.6 Å².